The van der Waals surface area contributed by atoms with Gasteiger partial charge in [-0.2, -0.15) is 0 Å². The Labute approximate surface area is 202 Å². The minimum atomic E-state index is 0. The largest absolute Gasteiger partial charge is 0.496 e. The van der Waals surface area contributed by atoms with Crippen LogP contribution in [0.5, 0.6) is 23.0 Å². The van der Waals surface area contributed by atoms with Crippen molar-refractivity contribution in [1.29, 1.82) is 0 Å². The maximum absolute atomic E-state index is 5.55. The minimum absolute atomic E-state index is 0. The van der Waals surface area contributed by atoms with Crippen molar-refractivity contribution in [2.24, 2.45) is 4.99 Å². The second-order valence-electron chi connectivity index (χ2n) is 6.73. The van der Waals surface area contributed by atoms with E-state index in [2.05, 4.69) is 34.7 Å². The van der Waals surface area contributed by atoms with E-state index in [9.17, 15) is 0 Å². The molecule has 2 aromatic rings. The molecule has 7 nitrogen and oxygen atoms in total. The second kappa shape index (κ2) is 13.8. The molecule has 0 aliphatic heterocycles. The van der Waals surface area contributed by atoms with Crippen LogP contribution in [0, 0.1) is 6.92 Å². The summed E-state index contributed by atoms with van der Waals surface area (Å²) in [7, 11) is 8.32. The Morgan fingerprint density at radius 2 is 1.35 bits per heavy atom. The summed E-state index contributed by atoms with van der Waals surface area (Å²) in [5.41, 5.74) is 3.43. The van der Waals surface area contributed by atoms with Gasteiger partial charge < -0.3 is 29.6 Å². The van der Waals surface area contributed by atoms with Crippen LogP contribution in [0.15, 0.2) is 35.3 Å². The zero-order chi connectivity index (χ0) is 21.9. The van der Waals surface area contributed by atoms with Crippen LogP contribution in [-0.2, 0) is 12.8 Å². The lowest BCUT2D eigenvalue weighted by Crippen LogP contribution is -2.39. The lowest BCUT2D eigenvalue weighted by atomic mass is 10.1. The van der Waals surface area contributed by atoms with Crippen LogP contribution in [-0.4, -0.2) is 54.5 Å². The number of hydrogen-bond acceptors (Lipinski definition) is 5. The molecule has 0 heterocycles. The lowest BCUT2D eigenvalue weighted by Gasteiger charge is -2.17. The summed E-state index contributed by atoms with van der Waals surface area (Å²) in [5.74, 6) is 3.60. The highest BCUT2D eigenvalue weighted by Crippen LogP contribution is 2.39. The first-order valence-corrected chi connectivity index (χ1v) is 9.93. The molecule has 31 heavy (non-hydrogen) atoms. The third kappa shape index (κ3) is 7.37. The van der Waals surface area contributed by atoms with E-state index in [1.165, 1.54) is 11.1 Å². The fraction of sp³-hybridized carbons (Fsp3) is 0.435. The van der Waals surface area contributed by atoms with Crippen molar-refractivity contribution in [1.82, 2.24) is 10.6 Å². The number of ether oxygens (including phenoxy) is 4. The second-order valence-corrected chi connectivity index (χ2v) is 6.73. The predicted octanol–water partition coefficient (Wildman–Crippen LogP) is 3.60. The topological polar surface area (TPSA) is 73.3 Å². The Morgan fingerprint density at radius 1 is 0.774 bits per heavy atom. The minimum Gasteiger partial charge on any atom is -0.496 e. The van der Waals surface area contributed by atoms with Gasteiger partial charge in [-0.05, 0) is 37.5 Å². The van der Waals surface area contributed by atoms with Crippen LogP contribution in [0.3, 0.4) is 0 Å². The molecule has 0 saturated heterocycles. The first-order valence-electron chi connectivity index (χ1n) is 9.93. The molecule has 2 rings (SSSR count). The summed E-state index contributed by atoms with van der Waals surface area (Å²) in [5, 5.41) is 6.69. The smallest absolute Gasteiger partial charge is 0.203 e. The van der Waals surface area contributed by atoms with Gasteiger partial charge in [-0.3, -0.25) is 4.99 Å². The number of nitrogens with zero attached hydrogens (tertiary/aromatic N) is 1. The average Bonchev–Trinajstić information content (AvgIpc) is 2.77. The quantitative estimate of drug-likeness (QED) is 0.271. The van der Waals surface area contributed by atoms with Crippen molar-refractivity contribution in [3.63, 3.8) is 0 Å². The maximum atomic E-state index is 5.55. The molecule has 0 aliphatic carbocycles. The van der Waals surface area contributed by atoms with Crippen LogP contribution in [0.1, 0.15) is 16.7 Å². The molecule has 2 N–H and O–H groups in total. The molecule has 2 aromatic carbocycles. The van der Waals surface area contributed by atoms with E-state index in [0.29, 0.717) is 23.8 Å². The van der Waals surface area contributed by atoms with E-state index in [4.69, 9.17) is 18.9 Å². The van der Waals surface area contributed by atoms with Crippen molar-refractivity contribution in [3.8, 4) is 23.0 Å². The van der Waals surface area contributed by atoms with Crippen molar-refractivity contribution >= 4 is 29.9 Å². The van der Waals surface area contributed by atoms with Gasteiger partial charge in [0.05, 0.1) is 28.4 Å². The van der Waals surface area contributed by atoms with Gasteiger partial charge in [0, 0.05) is 25.7 Å². The van der Waals surface area contributed by atoms with Crippen LogP contribution in [0.4, 0.5) is 0 Å². The number of benzene rings is 2. The molecule has 0 atom stereocenters. The Hall–Kier alpha value is -2.36. The number of aliphatic imine (C=N–C) groups is 1. The van der Waals surface area contributed by atoms with Crippen molar-refractivity contribution in [2.45, 2.75) is 19.8 Å². The van der Waals surface area contributed by atoms with Gasteiger partial charge in [0.15, 0.2) is 17.5 Å². The molecule has 8 heteroatoms. The van der Waals surface area contributed by atoms with Crippen molar-refractivity contribution in [3.05, 3.63) is 47.0 Å². The summed E-state index contributed by atoms with van der Waals surface area (Å²) in [6, 6.07) is 10.1. The molecule has 0 bridgehead atoms. The van der Waals surface area contributed by atoms with Gasteiger partial charge in [0.25, 0.3) is 0 Å². The zero-order valence-corrected chi connectivity index (χ0v) is 21.5. The van der Waals surface area contributed by atoms with E-state index < -0.39 is 0 Å². The summed E-state index contributed by atoms with van der Waals surface area (Å²) >= 11 is 0. The standard InChI is InChI=1S/C23H33N3O4.HI/c1-16-7-9-19(27-3)18(15-16)12-14-26-23(24-2)25-13-11-17-8-10-20(28-4)22(30-6)21(17)29-5;/h7-10,15H,11-14H2,1-6H3,(H2,24,25,26);1H. The third-order valence-electron chi connectivity index (χ3n) is 4.82. The molecular formula is C23H34IN3O4. The highest BCUT2D eigenvalue weighted by molar-refractivity contribution is 14.0. The van der Waals surface area contributed by atoms with Gasteiger partial charge in [0.1, 0.15) is 5.75 Å². The summed E-state index contributed by atoms with van der Waals surface area (Å²) < 4.78 is 21.8. The first kappa shape index (κ1) is 26.7. The molecule has 172 valence electrons. The number of rotatable bonds is 10. The van der Waals surface area contributed by atoms with Gasteiger partial charge in [0.2, 0.25) is 5.75 Å². The van der Waals surface area contributed by atoms with E-state index in [-0.39, 0.29) is 24.0 Å². The highest BCUT2D eigenvalue weighted by Gasteiger charge is 2.15. The fourth-order valence-corrected chi connectivity index (χ4v) is 3.31. The van der Waals surface area contributed by atoms with Crippen molar-refractivity contribution in [2.75, 3.05) is 48.6 Å². The number of methoxy groups -OCH3 is 4. The maximum Gasteiger partial charge on any atom is 0.203 e. The van der Waals surface area contributed by atoms with Crippen LogP contribution >= 0.6 is 24.0 Å². The van der Waals surface area contributed by atoms with Gasteiger partial charge in [-0.25, -0.2) is 0 Å². The predicted molar refractivity (Wildman–Crippen MR) is 136 cm³/mol. The number of guanidine groups is 1. The zero-order valence-electron chi connectivity index (χ0n) is 19.2. The van der Waals surface area contributed by atoms with Crippen LogP contribution in [0.2, 0.25) is 0 Å². The molecule has 0 radical (unpaired) electrons. The Bertz CT molecular complexity index is 859. The molecule has 0 amide bonds. The van der Waals surface area contributed by atoms with E-state index in [1.807, 2.05) is 18.2 Å². The molecule has 0 aromatic heterocycles. The third-order valence-corrected chi connectivity index (χ3v) is 4.82. The van der Waals surface area contributed by atoms with Gasteiger partial charge >= 0.3 is 0 Å². The molecule has 0 saturated carbocycles. The monoisotopic (exact) mass is 543 g/mol. The lowest BCUT2D eigenvalue weighted by molar-refractivity contribution is 0.322. The first-order chi connectivity index (χ1) is 14.6. The van der Waals surface area contributed by atoms with Crippen LogP contribution < -0.4 is 29.6 Å². The average molecular weight is 543 g/mol. The normalized spacial score (nSPS) is 10.7. The highest BCUT2D eigenvalue weighted by atomic mass is 127. The number of hydrogen-bond donors (Lipinski definition) is 2. The summed E-state index contributed by atoms with van der Waals surface area (Å²) in [4.78, 5) is 4.30. The Kier molecular flexibility index (Phi) is 11.9. The molecular weight excluding hydrogens is 509 g/mol. The fourth-order valence-electron chi connectivity index (χ4n) is 3.31. The number of nitrogens with one attached hydrogen (secondary N) is 2. The Balaban J connectivity index is 0.00000480. The van der Waals surface area contributed by atoms with Crippen LogP contribution in [0.25, 0.3) is 0 Å². The summed E-state index contributed by atoms with van der Waals surface area (Å²) in [6.07, 6.45) is 1.59. The summed E-state index contributed by atoms with van der Waals surface area (Å²) in [6.45, 7) is 3.53. The van der Waals surface area contributed by atoms with Gasteiger partial charge in [-0.15, -0.1) is 24.0 Å². The van der Waals surface area contributed by atoms with Gasteiger partial charge in [-0.1, -0.05) is 23.8 Å². The SMILES string of the molecule is CN=C(NCCc1cc(C)ccc1OC)NCCc1ccc(OC)c(OC)c1OC.I. The molecule has 0 unspecified atom stereocenters. The Morgan fingerprint density at radius 3 is 1.90 bits per heavy atom. The van der Waals surface area contributed by atoms with E-state index in [0.717, 1.165) is 36.7 Å². The molecule has 0 spiro atoms. The molecule has 0 aliphatic rings. The molecule has 0 fully saturated rings. The number of aryl methyl sites for hydroxylation is 1. The van der Waals surface area contributed by atoms with E-state index >= 15 is 0 Å². The van der Waals surface area contributed by atoms with Crippen molar-refractivity contribution < 1.29 is 18.9 Å². The van der Waals surface area contributed by atoms with E-state index in [1.54, 1.807) is 35.5 Å². The number of halogens is 1.